The van der Waals surface area contributed by atoms with Crippen LogP contribution in [0.2, 0.25) is 0 Å². The molecule has 0 fully saturated rings. The molecule has 0 atom stereocenters. The molecule has 0 aliphatic carbocycles. The van der Waals surface area contributed by atoms with Crippen LogP contribution in [-0.4, -0.2) is 18.5 Å². The molecule has 2 N–H and O–H groups in total. The van der Waals surface area contributed by atoms with E-state index in [2.05, 4.69) is 10.6 Å². The molecule has 30 heavy (non-hydrogen) atoms. The van der Waals surface area contributed by atoms with Gasteiger partial charge in [-0.2, -0.15) is 0 Å². The second-order valence-corrected chi connectivity index (χ2v) is 7.32. The van der Waals surface area contributed by atoms with Gasteiger partial charge in [-0.3, -0.25) is 4.79 Å². The van der Waals surface area contributed by atoms with Crippen molar-refractivity contribution < 1.29 is 14.0 Å². The fourth-order valence-electron chi connectivity index (χ4n) is 3.51. The summed E-state index contributed by atoms with van der Waals surface area (Å²) in [6.07, 6.45) is 0.800. The lowest BCUT2D eigenvalue weighted by atomic mass is 10.1. The van der Waals surface area contributed by atoms with Crippen LogP contribution in [0.25, 0.3) is 0 Å². The van der Waals surface area contributed by atoms with Gasteiger partial charge in [-0.25, -0.2) is 9.18 Å². The number of carbonyl (C=O) groups is 2. The van der Waals surface area contributed by atoms with Gasteiger partial charge in [0, 0.05) is 24.3 Å². The minimum Gasteiger partial charge on any atom is -0.334 e. The summed E-state index contributed by atoms with van der Waals surface area (Å²) in [4.78, 5) is 26.8. The minimum atomic E-state index is -0.492. The van der Waals surface area contributed by atoms with Gasteiger partial charge in [-0.05, 0) is 54.8 Å². The fraction of sp³-hybridized carbons (Fsp3) is 0.167. The molecule has 0 spiro atoms. The molecule has 1 aliphatic rings. The van der Waals surface area contributed by atoms with E-state index < -0.39 is 11.8 Å². The van der Waals surface area contributed by atoms with Crippen LogP contribution < -0.4 is 15.5 Å². The maximum Gasteiger partial charge on any atom is 0.319 e. The molecule has 5 nitrogen and oxygen atoms in total. The number of amides is 3. The number of urea groups is 1. The van der Waals surface area contributed by atoms with Gasteiger partial charge in [-0.15, -0.1) is 0 Å². The predicted octanol–water partition coefficient (Wildman–Crippen LogP) is 4.66. The van der Waals surface area contributed by atoms with Crippen molar-refractivity contribution in [3.8, 4) is 0 Å². The van der Waals surface area contributed by atoms with E-state index in [1.165, 1.54) is 12.1 Å². The first-order valence-electron chi connectivity index (χ1n) is 9.81. The Morgan fingerprint density at radius 2 is 1.80 bits per heavy atom. The van der Waals surface area contributed by atoms with Gasteiger partial charge in [0.1, 0.15) is 5.82 Å². The Labute approximate surface area is 174 Å². The first-order valence-corrected chi connectivity index (χ1v) is 9.81. The quantitative estimate of drug-likeness (QED) is 0.666. The maximum atomic E-state index is 13.7. The zero-order valence-corrected chi connectivity index (χ0v) is 16.6. The average Bonchev–Trinajstić information content (AvgIpc) is 3.17. The zero-order chi connectivity index (χ0) is 21.1. The summed E-state index contributed by atoms with van der Waals surface area (Å²) in [5.41, 5.74) is 4.72. The molecule has 0 unspecified atom stereocenters. The highest BCUT2D eigenvalue weighted by atomic mass is 19.1. The topological polar surface area (TPSA) is 61.4 Å². The average molecular weight is 403 g/mol. The fourth-order valence-corrected chi connectivity index (χ4v) is 3.51. The van der Waals surface area contributed by atoms with Crippen LogP contribution in [0.15, 0.2) is 66.7 Å². The van der Waals surface area contributed by atoms with Crippen molar-refractivity contribution in [1.29, 1.82) is 0 Å². The number of fused-ring (bicyclic) bond motifs is 1. The predicted molar refractivity (Wildman–Crippen MR) is 115 cm³/mol. The number of carbonyl (C=O) groups excluding carboxylic acids is 2. The van der Waals surface area contributed by atoms with Crippen LogP contribution >= 0.6 is 0 Å². The van der Waals surface area contributed by atoms with E-state index in [-0.39, 0.29) is 18.1 Å². The number of anilines is 2. The third kappa shape index (κ3) is 4.17. The standard InChI is InChI=1S/C24H22FN3O2/c1-16-6-9-19(10-7-16)23(29)28-13-12-18-11-8-17(14-22(18)28)15-26-24(30)27-21-5-3-2-4-20(21)25/h2-11,14H,12-13,15H2,1H3,(H2,26,27,30). The first-order chi connectivity index (χ1) is 14.5. The van der Waals surface area contributed by atoms with Crippen molar-refractivity contribution >= 4 is 23.3 Å². The molecular weight excluding hydrogens is 381 g/mol. The Balaban J connectivity index is 1.44. The van der Waals surface area contributed by atoms with Crippen molar-refractivity contribution in [3.05, 3.63) is 94.8 Å². The summed E-state index contributed by atoms with van der Waals surface area (Å²) in [5.74, 6) is -0.522. The van der Waals surface area contributed by atoms with Gasteiger partial charge >= 0.3 is 6.03 Å². The largest absolute Gasteiger partial charge is 0.334 e. The molecule has 0 aromatic heterocycles. The molecule has 3 aromatic carbocycles. The van der Waals surface area contributed by atoms with Crippen LogP contribution in [0.1, 0.15) is 27.0 Å². The van der Waals surface area contributed by atoms with Crippen molar-refractivity contribution in [2.45, 2.75) is 19.9 Å². The second-order valence-electron chi connectivity index (χ2n) is 7.32. The smallest absolute Gasteiger partial charge is 0.319 e. The van der Waals surface area contributed by atoms with Crippen LogP contribution in [0.3, 0.4) is 0 Å². The Hall–Kier alpha value is -3.67. The van der Waals surface area contributed by atoms with Crippen LogP contribution in [0.4, 0.5) is 20.6 Å². The summed E-state index contributed by atoms with van der Waals surface area (Å²) in [5, 5.41) is 5.22. The Bertz CT molecular complexity index is 1100. The molecule has 3 amide bonds. The number of hydrogen-bond donors (Lipinski definition) is 2. The van der Waals surface area contributed by atoms with Crippen molar-refractivity contribution in [1.82, 2.24) is 5.32 Å². The number of rotatable bonds is 4. The third-order valence-corrected chi connectivity index (χ3v) is 5.16. The highest BCUT2D eigenvalue weighted by molar-refractivity contribution is 6.07. The van der Waals surface area contributed by atoms with Crippen LogP contribution in [0, 0.1) is 12.7 Å². The molecule has 3 aromatic rings. The summed E-state index contributed by atoms with van der Waals surface area (Å²) < 4.78 is 13.7. The van der Waals surface area contributed by atoms with E-state index in [1.54, 1.807) is 17.0 Å². The highest BCUT2D eigenvalue weighted by Crippen LogP contribution is 2.30. The molecule has 6 heteroatoms. The van der Waals surface area contributed by atoms with Gasteiger partial charge in [0.15, 0.2) is 0 Å². The van der Waals surface area contributed by atoms with E-state index in [1.807, 2.05) is 49.4 Å². The molecule has 0 bridgehead atoms. The summed E-state index contributed by atoms with van der Waals surface area (Å²) in [6.45, 7) is 2.88. The molecule has 1 heterocycles. The van der Waals surface area contributed by atoms with Crippen LogP contribution in [0.5, 0.6) is 0 Å². The van der Waals surface area contributed by atoms with Crippen LogP contribution in [-0.2, 0) is 13.0 Å². The Morgan fingerprint density at radius 1 is 1.03 bits per heavy atom. The number of nitrogens with zero attached hydrogens (tertiary/aromatic N) is 1. The molecule has 0 saturated heterocycles. The molecule has 1 aliphatic heterocycles. The lowest BCUT2D eigenvalue weighted by molar-refractivity contribution is 0.0989. The maximum absolute atomic E-state index is 13.7. The van der Waals surface area contributed by atoms with Gasteiger partial charge in [0.25, 0.3) is 5.91 Å². The number of halogens is 1. The van der Waals surface area contributed by atoms with Gasteiger partial charge in [0.2, 0.25) is 0 Å². The molecule has 152 valence electrons. The summed E-state index contributed by atoms with van der Waals surface area (Å²) in [7, 11) is 0. The number of hydrogen-bond acceptors (Lipinski definition) is 2. The SMILES string of the molecule is Cc1ccc(C(=O)N2CCc3ccc(CNC(=O)Nc4ccccc4F)cc32)cc1. The number of aryl methyl sites for hydroxylation is 1. The molecule has 0 saturated carbocycles. The lowest BCUT2D eigenvalue weighted by Gasteiger charge is -2.18. The van der Waals surface area contributed by atoms with Gasteiger partial charge in [-0.1, -0.05) is 42.0 Å². The third-order valence-electron chi connectivity index (χ3n) is 5.16. The Morgan fingerprint density at radius 3 is 2.57 bits per heavy atom. The lowest BCUT2D eigenvalue weighted by Crippen LogP contribution is -2.30. The van der Waals surface area contributed by atoms with Crippen molar-refractivity contribution in [3.63, 3.8) is 0 Å². The monoisotopic (exact) mass is 403 g/mol. The second kappa shape index (κ2) is 8.37. The number of para-hydroxylation sites is 1. The molecule has 0 radical (unpaired) electrons. The van der Waals surface area contributed by atoms with Crippen molar-refractivity contribution in [2.75, 3.05) is 16.8 Å². The van der Waals surface area contributed by atoms with E-state index in [0.29, 0.717) is 12.1 Å². The molecule has 4 rings (SSSR count). The summed E-state index contributed by atoms with van der Waals surface area (Å²) >= 11 is 0. The first kappa shape index (κ1) is 19.6. The Kier molecular flexibility index (Phi) is 5.48. The molecular formula is C24H22FN3O2. The van der Waals surface area contributed by atoms with E-state index in [0.717, 1.165) is 28.8 Å². The van der Waals surface area contributed by atoms with Crippen molar-refractivity contribution in [2.24, 2.45) is 0 Å². The minimum absolute atomic E-state index is 0.0313. The van der Waals surface area contributed by atoms with E-state index >= 15 is 0 Å². The summed E-state index contributed by atoms with van der Waals surface area (Å²) in [6, 6.07) is 18.9. The highest BCUT2D eigenvalue weighted by Gasteiger charge is 2.25. The van der Waals surface area contributed by atoms with Gasteiger partial charge in [0.05, 0.1) is 5.69 Å². The number of benzene rings is 3. The zero-order valence-electron chi connectivity index (χ0n) is 16.6. The van der Waals surface area contributed by atoms with E-state index in [4.69, 9.17) is 0 Å². The van der Waals surface area contributed by atoms with E-state index in [9.17, 15) is 14.0 Å². The van der Waals surface area contributed by atoms with Gasteiger partial charge < -0.3 is 15.5 Å². The normalized spacial score (nSPS) is 12.4. The number of nitrogens with one attached hydrogen (secondary N) is 2.